The zero-order valence-electron chi connectivity index (χ0n) is 12.4. The largest absolute Gasteiger partial charge is 0.394 e. The van der Waals surface area contributed by atoms with Crippen LogP contribution in [0.2, 0.25) is 0 Å². The van der Waals surface area contributed by atoms with Gasteiger partial charge < -0.3 is 14.4 Å². The molecule has 1 aromatic rings. The zero-order chi connectivity index (χ0) is 14.4. The average molecular weight is 283 g/mol. The van der Waals surface area contributed by atoms with Gasteiger partial charge in [0.2, 0.25) is 5.89 Å². The number of ether oxygens (including phenoxy) is 1. The first kappa shape index (κ1) is 15.4. The molecule has 0 spiro atoms. The van der Waals surface area contributed by atoms with E-state index in [0.29, 0.717) is 12.5 Å². The van der Waals surface area contributed by atoms with Crippen molar-refractivity contribution in [2.45, 2.75) is 45.8 Å². The number of piperidine rings is 1. The molecule has 6 nitrogen and oxygen atoms in total. The summed E-state index contributed by atoms with van der Waals surface area (Å²) in [7, 11) is 0. The van der Waals surface area contributed by atoms with Gasteiger partial charge in [0.05, 0.1) is 25.9 Å². The molecule has 1 aliphatic heterocycles. The van der Waals surface area contributed by atoms with E-state index < -0.39 is 0 Å². The third-order valence-corrected chi connectivity index (χ3v) is 3.44. The van der Waals surface area contributed by atoms with Crippen LogP contribution >= 0.6 is 0 Å². The first-order valence-electron chi connectivity index (χ1n) is 7.43. The fourth-order valence-corrected chi connectivity index (χ4v) is 2.44. The minimum Gasteiger partial charge on any atom is -0.394 e. The van der Waals surface area contributed by atoms with Crippen LogP contribution in [-0.4, -0.2) is 52.6 Å². The van der Waals surface area contributed by atoms with E-state index in [1.165, 1.54) is 0 Å². The van der Waals surface area contributed by atoms with E-state index in [-0.39, 0.29) is 12.7 Å². The molecule has 2 heterocycles. The summed E-state index contributed by atoms with van der Waals surface area (Å²) < 4.78 is 10.8. The Morgan fingerprint density at radius 3 is 2.80 bits per heavy atom. The molecule has 6 heteroatoms. The maximum atomic E-state index is 8.75. The van der Waals surface area contributed by atoms with Crippen LogP contribution in [0.3, 0.4) is 0 Å². The monoisotopic (exact) mass is 283 g/mol. The van der Waals surface area contributed by atoms with Gasteiger partial charge in [-0.2, -0.15) is 4.98 Å². The first-order chi connectivity index (χ1) is 9.67. The summed E-state index contributed by atoms with van der Waals surface area (Å²) in [6.07, 6.45) is 3.11. The minimum absolute atomic E-state index is 0.0989. The second-order valence-electron chi connectivity index (χ2n) is 5.77. The molecule has 2 rings (SSSR count). The van der Waals surface area contributed by atoms with E-state index in [0.717, 1.165) is 50.6 Å². The van der Waals surface area contributed by atoms with Gasteiger partial charge in [0.1, 0.15) is 0 Å². The van der Waals surface area contributed by atoms with Crippen molar-refractivity contribution in [3.63, 3.8) is 0 Å². The Balaban J connectivity index is 1.73. The summed E-state index contributed by atoms with van der Waals surface area (Å²) in [5.41, 5.74) is 0. The van der Waals surface area contributed by atoms with E-state index in [1.807, 2.05) is 0 Å². The van der Waals surface area contributed by atoms with Gasteiger partial charge in [0, 0.05) is 19.5 Å². The van der Waals surface area contributed by atoms with Crippen LogP contribution in [0.1, 0.15) is 38.4 Å². The van der Waals surface area contributed by atoms with Crippen LogP contribution in [0.4, 0.5) is 0 Å². The van der Waals surface area contributed by atoms with Gasteiger partial charge in [-0.1, -0.05) is 19.0 Å². The zero-order valence-corrected chi connectivity index (χ0v) is 12.4. The van der Waals surface area contributed by atoms with Crippen molar-refractivity contribution in [3.8, 4) is 0 Å². The number of rotatable bonds is 7. The van der Waals surface area contributed by atoms with Gasteiger partial charge in [-0.05, 0) is 18.8 Å². The molecule has 20 heavy (non-hydrogen) atoms. The van der Waals surface area contributed by atoms with Crippen LogP contribution in [0.5, 0.6) is 0 Å². The fraction of sp³-hybridized carbons (Fsp3) is 0.857. The average Bonchev–Trinajstić information content (AvgIpc) is 2.84. The van der Waals surface area contributed by atoms with Gasteiger partial charge in [-0.3, -0.25) is 4.90 Å². The summed E-state index contributed by atoms with van der Waals surface area (Å²) in [4.78, 5) is 6.75. The summed E-state index contributed by atoms with van der Waals surface area (Å²) in [6.45, 7) is 7.51. The highest BCUT2D eigenvalue weighted by molar-refractivity contribution is 4.88. The molecule has 0 unspecified atom stereocenters. The number of nitrogens with zero attached hydrogens (tertiary/aromatic N) is 3. The van der Waals surface area contributed by atoms with Gasteiger partial charge in [-0.25, -0.2) is 0 Å². The van der Waals surface area contributed by atoms with E-state index in [2.05, 4.69) is 28.9 Å². The van der Waals surface area contributed by atoms with Crippen LogP contribution < -0.4 is 0 Å². The van der Waals surface area contributed by atoms with Crippen LogP contribution in [-0.2, 0) is 17.7 Å². The SMILES string of the molecule is CC(C)Cc1nc(CN2CCC(OCCO)CC2)no1. The number of hydrogen-bond donors (Lipinski definition) is 1. The van der Waals surface area contributed by atoms with Crippen molar-refractivity contribution in [1.82, 2.24) is 15.0 Å². The third-order valence-electron chi connectivity index (χ3n) is 3.44. The molecular weight excluding hydrogens is 258 g/mol. The van der Waals surface area contributed by atoms with Gasteiger partial charge >= 0.3 is 0 Å². The number of aliphatic hydroxyl groups excluding tert-OH is 1. The number of aliphatic hydroxyl groups is 1. The number of aromatic nitrogens is 2. The third kappa shape index (κ3) is 4.85. The fourth-order valence-electron chi connectivity index (χ4n) is 2.44. The predicted octanol–water partition coefficient (Wildman–Crippen LogP) is 1.24. The van der Waals surface area contributed by atoms with Crippen molar-refractivity contribution in [3.05, 3.63) is 11.7 Å². The second kappa shape index (κ2) is 7.71. The predicted molar refractivity (Wildman–Crippen MR) is 74.2 cm³/mol. The Morgan fingerprint density at radius 1 is 1.40 bits per heavy atom. The van der Waals surface area contributed by atoms with Crippen molar-refractivity contribution in [2.24, 2.45) is 5.92 Å². The smallest absolute Gasteiger partial charge is 0.226 e. The molecule has 0 amide bonds. The number of hydrogen-bond acceptors (Lipinski definition) is 6. The van der Waals surface area contributed by atoms with Gasteiger partial charge in [0.15, 0.2) is 5.82 Å². The highest BCUT2D eigenvalue weighted by Gasteiger charge is 2.21. The van der Waals surface area contributed by atoms with E-state index in [9.17, 15) is 0 Å². The lowest BCUT2D eigenvalue weighted by atomic mass is 10.1. The van der Waals surface area contributed by atoms with Crippen LogP contribution in [0.15, 0.2) is 4.52 Å². The molecule has 0 bridgehead atoms. The van der Waals surface area contributed by atoms with Gasteiger partial charge in [-0.15, -0.1) is 0 Å². The lowest BCUT2D eigenvalue weighted by Crippen LogP contribution is -2.37. The van der Waals surface area contributed by atoms with Gasteiger partial charge in [0.25, 0.3) is 0 Å². The Labute approximate surface area is 120 Å². The minimum atomic E-state index is 0.0989. The van der Waals surface area contributed by atoms with Crippen molar-refractivity contribution in [2.75, 3.05) is 26.3 Å². The van der Waals surface area contributed by atoms with E-state index >= 15 is 0 Å². The van der Waals surface area contributed by atoms with Crippen molar-refractivity contribution < 1.29 is 14.4 Å². The molecule has 0 aromatic carbocycles. The summed E-state index contributed by atoms with van der Waals surface area (Å²) in [6, 6.07) is 0. The molecule has 0 radical (unpaired) electrons. The lowest BCUT2D eigenvalue weighted by Gasteiger charge is -2.30. The number of likely N-dealkylation sites (tertiary alicyclic amines) is 1. The summed E-state index contributed by atoms with van der Waals surface area (Å²) in [5, 5.41) is 12.8. The molecule has 1 fully saturated rings. The van der Waals surface area contributed by atoms with Crippen molar-refractivity contribution >= 4 is 0 Å². The lowest BCUT2D eigenvalue weighted by molar-refractivity contribution is -0.00946. The molecule has 1 aliphatic rings. The highest BCUT2D eigenvalue weighted by atomic mass is 16.5. The van der Waals surface area contributed by atoms with E-state index in [4.69, 9.17) is 14.4 Å². The van der Waals surface area contributed by atoms with Crippen molar-refractivity contribution in [1.29, 1.82) is 0 Å². The summed E-state index contributed by atoms with van der Waals surface area (Å²) >= 11 is 0. The second-order valence-corrected chi connectivity index (χ2v) is 5.77. The molecule has 1 saturated heterocycles. The molecule has 1 N–H and O–H groups in total. The maximum absolute atomic E-state index is 8.75. The summed E-state index contributed by atoms with van der Waals surface area (Å²) in [5.74, 6) is 2.04. The topological polar surface area (TPSA) is 71.6 Å². The Hall–Kier alpha value is -0.980. The van der Waals surface area contributed by atoms with Crippen LogP contribution in [0.25, 0.3) is 0 Å². The standard InChI is InChI=1S/C14H25N3O3/c1-11(2)9-14-15-13(16-20-14)10-17-5-3-12(4-6-17)19-8-7-18/h11-12,18H,3-10H2,1-2H3. The molecular formula is C14H25N3O3. The quantitative estimate of drug-likeness (QED) is 0.812. The molecule has 1 aromatic heterocycles. The molecule has 0 aliphatic carbocycles. The molecule has 0 saturated carbocycles. The first-order valence-corrected chi connectivity index (χ1v) is 7.43. The van der Waals surface area contributed by atoms with Crippen LogP contribution in [0, 0.1) is 5.92 Å². The molecule has 114 valence electrons. The molecule has 0 atom stereocenters. The normalized spacial score (nSPS) is 18.0. The maximum Gasteiger partial charge on any atom is 0.226 e. The Bertz CT molecular complexity index is 387. The Kier molecular flexibility index (Phi) is 5.94. The van der Waals surface area contributed by atoms with E-state index in [1.54, 1.807) is 0 Å². The highest BCUT2D eigenvalue weighted by Crippen LogP contribution is 2.15. The Morgan fingerprint density at radius 2 is 2.15 bits per heavy atom.